The number of ketones is 1. The Bertz CT molecular complexity index is 477. The third-order valence-electron chi connectivity index (χ3n) is 3.98. The summed E-state index contributed by atoms with van der Waals surface area (Å²) in [5.74, 6) is 0.170. The van der Waals surface area contributed by atoms with Gasteiger partial charge in [-0.3, -0.25) is 9.69 Å². The predicted octanol–water partition coefficient (Wildman–Crippen LogP) is 2.05. The van der Waals surface area contributed by atoms with Crippen molar-refractivity contribution in [1.29, 1.82) is 0 Å². The number of hydrogen-bond acceptors (Lipinski definition) is 4. The number of carbonyl (C=O) groups is 1. The van der Waals surface area contributed by atoms with Crippen LogP contribution in [0.1, 0.15) is 24.2 Å². The molecule has 0 bridgehead atoms. The Labute approximate surface area is 121 Å². The number of ether oxygens (including phenoxy) is 1. The summed E-state index contributed by atoms with van der Waals surface area (Å²) in [4.78, 5) is 17.1. The fraction of sp³-hybridized carbons (Fsp3) is 0.562. The molecule has 0 radical (unpaired) electrons. The first-order valence-electron chi connectivity index (χ1n) is 7.08. The fourth-order valence-corrected chi connectivity index (χ4v) is 2.54. The molecule has 0 N–H and O–H groups in total. The van der Waals surface area contributed by atoms with Crippen molar-refractivity contribution in [2.75, 3.05) is 45.3 Å². The molecule has 2 rings (SSSR count). The SMILES string of the molecule is CN(C)c1cccc(C(=O)C(C)(C)N2CCOCC2)c1. The van der Waals surface area contributed by atoms with E-state index in [1.165, 1.54) is 0 Å². The van der Waals surface area contributed by atoms with E-state index in [4.69, 9.17) is 4.74 Å². The molecule has 0 amide bonds. The topological polar surface area (TPSA) is 32.8 Å². The Balaban J connectivity index is 2.22. The van der Waals surface area contributed by atoms with Crippen LogP contribution in [0.25, 0.3) is 0 Å². The van der Waals surface area contributed by atoms with Gasteiger partial charge in [0.25, 0.3) is 0 Å². The van der Waals surface area contributed by atoms with Crippen LogP contribution >= 0.6 is 0 Å². The summed E-state index contributed by atoms with van der Waals surface area (Å²) >= 11 is 0. The number of benzene rings is 1. The standard InChI is InChI=1S/C16H24N2O2/c1-16(2,18-8-10-20-11-9-18)15(19)13-6-5-7-14(12-13)17(3)4/h5-7,12H,8-11H2,1-4H3. The molecule has 1 heterocycles. The van der Waals surface area contributed by atoms with E-state index in [0.717, 1.165) is 24.3 Å². The van der Waals surface area contributed by atoms with Gasteiger partial charge < -0.3 is 9.64 Å². The second-order valence-electron chi connectivity index (χ2n) is 5.93. The lowest BCUT2D eigenvalue weighted by Gasteiger charge is -2.39. The molecule has 0 aliphatic carbocycles. The summed E-state index contributed by atoms with van der Waals surface area (Å²) in [6.45, 7) is 7.03. The van der Waals surface area contributed by atoms with Crippen LogP contribution in [0.3, 0.4) is 0 Å². The Kier molecular flexibility index (Phi) is 4.45. The highest BCUT2D eigenvalue weighted by Gasteiger charge is 2.35. The number of hydrogen-bond donors (Lipinski definition) is 0. The van der Waals surface area contributed by atoms with Gasteiger partial charge in [0, 0.05) is 38.4 Å². The molecule has 0 aromatic heterocycles. The van der Waals surface area contributed by atoms with Crippen LogP contribution in [0.4, 0.5) is 5.69 Å². The Morgan fingerprint density at radius 2 is 1.90 bits per heavy atom. The van der Waals surface area contributed by atoms with Crippen LogP contribution in [0.15, 0.2) is 24.3 Å². The van der Waals surface area contributed by atoms with Crippen molar-refractivity contribution >= 4 is 11.5 Å². The van der Waals surface area contributed by atoms with Gasteiger partial charge in [0.1, 0.15) is 0 Å². The molecule has 4 nitrogen and oxygen atoms in total. The highest BCUT2D eigenvalue weighted by molar-refractivity contribution is 6.03. The van der Waals surface area contributed by atoms with Gasteiger partial charge in [-0.15, -0.1) is 0 Å². The van der Waals surface area contributed by atoms with Crippen molar-refractivity contribution in [3.63, 3.8) is 0 Å². The van der Waals surface area contributed by atoms with Crippen molar-refractivity contribution < 1.29 is 9.53 Å². The lowest BCUT2D eigenvalue weighted by molar-refractivity contribution is -0.00429. The highest BCUT2D eigenvalue weighted by atomic mass is 16.5. The summed E-state index contributed by atoms with van der Waals surface area (Å²) in [6, 6.07) is 7.82. The normalized spacial score (nSPS) is 17.0. The van der Waals surface area contributed by atoms with Gasteiger partial charge in [-0.05, 0) is 26.0 Å². The van der Waals surface area contributed by atoms with E-state index in [9.17, 15) is 4.79 Å². The van der Waals surface area contributed by atoms with Gasteiger partial charge in [0.2, 0.25) is 0 Å². The molecule has 1 aromatic carbocycles. The molecule has 1 aromatic rings. The van der Waals surface area contributed by atoms with Crippen LogP contribution in [0.5, 0.6) is 0 Å². The van der Waals surface area contributed by atoms with E-state index in [2.05, 4.69) is 4.90 Å². The predicted molar refractivity (Wildman–Crippen MR) is 81.6 cm³/mol. The third-order valence-corrected chi connectivity index (χ3v) is 3.98. The smallest absolute Gasteiger partial charge is 0.182 e. The number of carbonyl (C=O) groups excluding carboxylic acids is 1. The van der Waals surface area contributed by atoms with E-state index >= 15 is 0 Å². The van der Waals surface area contributed by atoms with E-state index < -0.39 is 5.54 Å². The first-order chi connectivity index (χ1) is 9.43. The third kappa shape index (κ3) is 3.02. The van der Waals surface area contributed by atoms with Crippen molar-refractivity contribution in [2.24, 2.45) is 0 Å². The van der Waals surface area contributed by atoms with Crippen LogP contribution in [0, 0.1) is 0 Å². The van der Waals surface area contributed by atoms with E-state index in [0.29, 0.717) is 13.2 Å². The lowest BCUT2D eigenvalue weighted by Crippen LogP contribution is -2.54. The number of anilines is 1. The van der Waals surface area contributed by atoms with E-state index in [1.54, 1.807) is 0 Å². The summed E-state index contributed by atoms with van der Waals surface area (Å²) in [5, 5.41) is 0. The second-order valence-corrected chi connectivity index (χ2v) is 5.93. The largest absolute Gasteiger partial charge is 0.379 e. The molecule has 1 saturated heterocycles. The second kappa shape index (κ2) is 5.94. The van der Waals surface area contributed by atoms with Crippen molar-refractivity contribution in [3.8, 4) is 0 Å². The van der Waals surface area contributed by atoms with Crippen LogP contribution in [-0.2, 0) is 4.74 Å². The molecule has 20 heavy (non-hydrogen) atoms. The van der Waals surface area contributed by atoms with E-state index in [1.807, 2.05) is 57.1 Å². The van der Waals surface area contributed by atoms with Crippen molar-refractivity contribution in [2.45, 2.75) is 19.4 Å². The quantitative estimate of drug-likeness (QED) is 0.788. The minimum atomic E-state index is -0.491. The van der Waals surface area contributed by atoms with Crippen molar-refractivity contribution in [1.82, 2.24) is 4.90 Å². The summed E-state index contributed by atoms with van der Waals surface area (Å²) < 4.78 is 5.37. The highest BCUT2D eigenvalue weighted by Crippen LogP contribution is 2.24. The number of Topliss-reactive ketones (excluding diaryl/α,β-unsaturated/α-hetero) is 1. The van der Waals surface area contributed by atoms with Crippen LogP contribution in [0.2, 0.25) is 0 Å². The maximum absolute atomic E-state index is 12.8. The van der Waals surface area contributed by atoms with Gasteiger partial charge in [0.05, 0.1) is 18.8 Å². The summed E-state index contributed by atoms with van der Waals surface area (Å²) in [5.41, 5.74) is 1.33. The van der Waals surface area contributed by atoms with Crippen LogP contribution < -0.4 is 4.90 Å². The zero-order chi connectivity index (χ0) is 14.8. The van der Waals surface area contributed by atoms with E-state index in [-0.39, 0.29) is 5.78 Å². The molecular formula is C16H24N2O2. The zero-order valence-corrected chi connectivity index (χ0v) is 12.8. The Hall–Kier alpha value is -1.39. The molecule has 1 aliphatic heterocycles. The van der Waals surface area contributed by atoms with Crippen molar-refractivity contribution in [3.05, 3.63) is 29.8 Å². The molecule has 0 spiro atoms. The molecule has 4 heteroatoms. The minimum Gasteiger partial charge on any atom is -0.379 e. The first kappa shape index (κ1) is 15.0. The molecule has 1 aliphatic rings. The van der Waals surface area contributed by atoms with Gasteiger partial charge in [-0.2, -0.15) is 0 Å². The zero-order valence-electron chi connectivity index (χ0n) is 12.8. The average molecular weight is 276 g/mol. The number of nitrogens with zero attached hydrogens (tertiary/aromatic N) is 2. The van der Waals surface area contributed by atoms with Gasteiger partial charge >= 0.3 is 0 Å². The molecule has 1 fully saturated rings. The number of morpholine rings is 1. The van der Waals surface area contributed by atoms with Gasteiger partial charge in [0.15, 0.2) is 5.78 Å². The van der Waals surface area contributed by atoms with Gasteiger partial charge in [-0.25, -0.2) is 0 Å². The maximum Gasteiger partial charge on any atom is 0.182 e. The maximum atomic E-state index is 12.8. The molecule has 110 valence electrons. The van der Waals surface area contributed by atoms with Crippen LogP contribution in [-0.4, -0.2) is 56.6 Å². The summed E-state index contributed by atoms with van der Waals surface area (Å²) in [7, 11) is 3.97. The fourth-order valence-electron chi connectivity index (χ4n) is 2.54. The molecular weight excluding hydrogens is 252 g/mol. The molecule has 0 saturated carbocycles. The average Bonchev–Trinajstić information content (AvgIpc) is 2.47. The number of rotatable bonds is 4. The molecule has 0 atom stereocenters. The first-order valence-corrected chi connectivity index (χ1v) is 7.08. The minimum absolute atomic E-state index is 0.170. The Morgan fingerprint density at radius 1 is 1.25 bits per heavy atom. The monoisotopic (exact) mass is 276 g/mol. The molecule has 0 unspecified atom stereocenters. The van der Waals surface area contributed by atoms with Gasteiger partial charge in [-0.1, -0.05) is 12.1 Å². The Morgan fingerprint density at radius 3 is 2.50 bits per heavy atom. The lowest BCUT2D eigenvalue weighted by atomic mass is 9.90. The summed E-state index contributed by atoms with van der Waals surface area (Å²) in [6.07, 6.45) is 0.